The van der Waals surface area contributed by atoms with E-state index >= 15 is 0 Å². The van der Waals surface area contributed by atoms with Crippen molar-refractivity contribution in [1.29, 1.82) is 0 Å². The topological polar surface area (TPSA) is 56.2 Å². The first kappa shape index (κ1) is 12.7. The van der Waals surface area contributed by atoms with Gasteiger partial charge >= 0.3 is 5.97 Å². The second-order valence-electron chi connectivity index (χ2n) is 3.86. The maximum atomic E-state index is 11.4. The fourth-order valence-electron chi connectivity index (χ4n) is 1.29. The summed E-state index contributed by atoms with van der Waals surface area (Å²) >= 11 is 0. The maximum absolute atomic E-state index is 11.4. The minimum absolute atomic E-state index is 0.0720. The van der Waals surface area contributed by atoms with Gasteiger partial charge in [0, 0.05) is 12.7 Å². The smallest absolute Gasteiger partial charge is 0.326 e. The summed E-state index contributed by atoms with van der Waals surface area (Å²) in [6, 6.07) is 0. The lowest BCUT2D eigenvalue weighted by atomic mass is 10.4. The Hall–Kier alpha value is -1.36. The Morgan fingerprint density at radius 1 is 1.62 bits per heavy atom. The van der Waals surface area contributed by atoms with Crippen LogP contribution in [0.3, 0.4) is 0 Å². The summed E-state index contributed by atoms with van der Waals surface area (Å²) in [7, 11) is 0. The Morgan fingerprint density at radius 2 is 2.38 bits per heavy atom. The fourth-order valence-corrected chi connectivity index (χ4v) is 1.29. The lowest BCUT2D eigenvalue weighted by molar-refractivity contribution is -0.148. The van der Waals surface area contributed by atoms with Gasteiger partial charge in [-0.05, 0) is 20.4 Å². The van der Waals surface area contributed by atoms with Crippen molar-refractivity contribution in [3.05, 3.63) is 18.2 Å². The van der Waals surface area contributed by atoms with Crippen molar-refractivity contribution in [1.82, 2.24) is 14.9 Å². The summed E-state index contributed by atoms with van der Waals surface area (Å²) in [6.07, 6.45) is 3.43. The number of hydrogen-bond acceptors (Lipinski definition) is 4. The zero-order valence-electron chi connectivity index (χ0n) is 10.1. The predicted octanol–water partition coefficient (Wildman–Crippen LogP) is 0.944. The molecule has 0 radical (unpaired) electrons. The van der Waals surface area contributed by atoms with E-state index in [4.69, 9.17) is 4.74 Å². The standard InChI is InChI=1S/C11H19N3O2/c1-4-12-5-10-6-14(8-13-10)7-11(15)16-9(2)3/h6,8-9,12H,4-5,7H2,1-3H3. The van der Waals surface area contributed by atoms with Crippen molar-refractivity contribution < 1.29 is 9.53 Å². The Balaban J connectivity index is 2.42. The number of imidazole rings is 1. The van der Waals surface area contributed by atoms with Gasteiger partial charge in [-0.3, -0.25) is 4.79 Å². The molecule has 1 heterocycles. The average molecular weight is 225 g/mol. The molecule has 0 aliphatic rings. The van der Waals surface area contributed by atoms with E-state index in [9.17, 15) is 4.79 Å². The van der Waals surface area contributed by atoms with Crippen LogP contribution in [0.4, 0.5) is 0 Å². The van der Waals surface area contributed by atoms with Gasteiger partial charge in [0.2, 0.25) is 0 Å². The molecule has 0 aliphatic carbocycles. The molecular formula is C11H19N3O2. The maximum Gasteiger partial charge on any atom is 0.326 e. The summed E-state index contributed by atoms with van der Waals surface area (Å²) in [4.78, 5) is 15.5. The molecule has 16 heavy (non-hydrogen) atoms. The molecule has 0 fully saturated rings. The van der Waals surface area contributed by atoms with Crippen LogP contribution in [0.5, 0.6) is 0 Å². The van der Waals surface area contributed by atoms with Gasteiger partial charge in [0.25, 0.3) is 0 Å². The van der Waals surface area contributed by atoms with Crippen molar-refractivity contribution in [3.63, 3.8) is 0 Å². The van der Waals surface area contributed by atoms with Crippen molar-refractivity contribution in [2.24, 2.45) is 0 Å². The number of carbonyl (C=O) groups is 1. The molecule has 0 bridgehead atoms. The lowest BCUT2D eigenvalue weighted by Crippen LogP contribution is -2.16. The first-order valence-corrected chi connectivity index (χ1v) is 5.52. The van der Waals surface area contributed by atoms with Crippen molar-refractivity contribution >= 4 is 5.97 Å². The molecule has 0 amide bonds. The van der Waals surface area contributed by atoms with Crippen LogP contribution in [-0.4, -0.2) is 28.2 Å². The quantitative estimate of drug-likeness (QED) is 0.732. The second kappa shape index (κ2) is 6.27. The fraction of sp³-hybridized carbons (Fsp3) is 0.636. The van der Waals surface area contributed by atoms with Crippen LogP contribution >= 0.6 is 0 Å². The molecule has 0 saturated carbocycles. The van der Waals surface area contributed by atoms with E-state index in [0.717, 1.165) is 18.8 Å². The van der Waals surface area contributed by atoms with Crippen LogP contribution in [0.15, 0.2) is 12.5 Å². The molecule has 0 unspecified atom stereocenters. The van der Waals surface area contributed by atoms with Crippen LogP contribution < -0.4 is 5.32 Å². The summed E-state index contributed by atoms with van der Waals surface area (Å²) < 4.78 is 6.77. The molecule has 1 N–H and O–H groups in total. The lowest BCUT2D eigenvalue weighted by Gasteiger charge is -2.07. The third-order valence-electron chi connectivity index (χ3n) is 1.92. The molecule has 0 aliphatic heterocycles. The molecule has 90 valence electrons. The van der Waals surface area contributed by atoms with E-state index in [1.165, 1.54) is 0 Å². The van der Waals surface area contributed by atoms with Gasteiger partial charge in [0.15, 0.2) is 0 Å². The van der Waals surface area contributed by atoms with Crippen molar-refractivity contribution in [2.45, 2.75) is 40.0 Å². The van der Waals surface area contributed by atoms with Crippen LogP contribution in [0.1, 0.15) is 26.5 Å². The van der Waals surface area contributed by atoms with E-state index in [2.05, 4.69) is 10.3 Å². The van der Waals surface area contributed by atoms with Crippen LogP contribution in [0.2, 0.25) is 0 Å². The molecular weight excluding hydrogens is 206 g/mol. The highest BCUT2D eigenvalue weighted by atomic mass is 16.5. The normalized spacial score (nSPS) is 10.8. The summed E-state index contributed by atoms with van der Waals surface area (Å²) in [5, 5.41) is 3.17. The molecule has 1 aromatic heterocycles. The predicted molar refractivity (Wildman–Crippen MR) is 60.8 cm³/mol. The third kappa shape index (κ3) is 4.44. The molecule has 0 atom stereocenters. The van der Waals surface area contributed by atoms with E-state index in [1.807, 2.05) is 27.0 Å². The summed E-state index contributed by atoms with van der Waals surface area (Å²) in [5.74, 6) is -0.234. The zero-order chi connectivity index (χ0) is 12.0. The SMILES string of the molecule is CCNCc1cn(CC(=O)OC(C)C)cn1. The highest BCUT2D eigenvalue weighted by molar-refractivity contribution is 5.69. The van der Waals surface area contributed by atoms with Gasteiger partial charge in [-0.15, -0.1) is 0 Å². The molecule has 1 aromatic rings. The minimum atomic E-state index is -0.234. The number of nitrogens with zero attached hydrogens (tertiary/aromatic N) is 2. The monoisotopic (exact) mass is 225 g/mol. The number of rotatable bonds is 6. The molecule has 5 nitrogen and oxygen atoms in total. The average Bonchev–Trinajstić information content (AvgIpc) is 2.61. The number of ether oxygens (including phenoxy) is 1. The number of aromatic nitrogens is 2. The molecule has 0 spiro atoms. The minimum Gasteiger partial charge on any atom is -0.462 e. The van der Waals surface area contributed by atoms with Gasteiger partial charge < -0.3 is 14.6 Å². The molecule has 0 saturated heterocycles. The molecule has 5 heteroatoms. The Bertz CT molecular complexity index is 334. The highest BCUT2D eigenvalue weighted by Crippen LogP contribution is 1.98. The summed E-state index contributed by atoms with van der Waals surface area (Å²) in [6.45, 7) is 7.56. The Kier molecular flexibility index (Phi) is 4.98. The van der Waals surface area contributed by atoms with Gasteiger partial charge in [0.05, 0.1) is 18.1 Å². The Labute approximate surface area is 95.8 Å². The van der Waals surface area contributed by atoms with E-state index in [1.54, 1.807) is 10.9 Å². The zero-order valence-corrected chi connectivity index (χ0v) is 10.1. The second-order valence-corrected chi connectivity index (χ2v) is 3.86. The van der Waals surface area contributed by atoms with Gasteiger partial charge in [-0.25, -0.2) is 4.98 Å². The van der Waals surface area contributed by atoms with Gasteiger partial charge in [-0.1, -0.05) is 6.92 Å². The van der Waals surface area contributed by atoms with Crippen LogP contribution in [0.25, 0.3) is 0 Å². The number of nitrogens with one attached hydrogen (secondary N) is 1. The van der Waals surface area contributed by atoms with Gasteiger partial charge in [-0.2, -0.15) is 0 Å². The van der Waals surface area contributed by atoms with E-state index < -0.39 is 0 Å². The number of esters is 1. The molecule has 0 aromatic carbocycles. The highest BCUT2D eigenvalue weighted by Gasteiger charge is 2.07. The number of carbonyl (C=O) groups excluding carboxylic acids is 1. The first-order valence-electron chi connectivity index (χ1n) is 5.52. The largest absolute Gasteiger partial charge is 0.462 e. The first-order chi connectivity index (χ1) is 7.61. The van der Waals surface area contributed by atoms with Crippen molar-refractivity contribution in [2.75, 3.05) is 6.54 Å². The van der Waals surface area contributed by atoms with E-state index in [-0.39, 0.29) is 18.6 Å². The van der Waals surface area contributed by atoms with Gasteiger partial charge in [0.1, 0.15) is 6.54 Å². The summed E-state index contributed by atoms with van der Waals surface area (Å²) in [5.41, 5.74) is 0.930. The Morgan fingerprint density at radius 3 is 3.00 bits per heavy atom. The van der Waals surface area contributed by atoms with Crippen LogP contribution in [-0.2, 0) is 22.6 Å². The van der Waals surface area contributed by atoms with Crippen LogP contribution in [0, 0.1) is 0 Å². The number of hydrogen-bond donors (Lipinski definition) is 1. The third-order valence-corrected chi connectivity index (χ3v) is 1.92. The van der Waals surface area contributed by atoms with Crippen molar-refractivity contribution in [3.8, 4) is 0 Å². The molecule has 1 rings (SSSR count). The van der Waals surface area contributed by atoms with E-state index in [0.29, 0.717) is 0 Å².